The highest BCUT2D eigenvalue weighted by Gasteiger charge is 2.25. The molecule has 0 aliphatic heterocycles. The van der Waals surface area contributed by atoms with Gasteiger partial charge < -0.3 is 17.6 Å². The number of thiophene rings is 2. The average molecular weight is 925 g/mol. The van der Waals surface area contributed by atoms with Gasteiger partial charge >= 0.3 is 0 Å². The summed E-state index contributed by atoms with van der Waals surface area (Å²) in [7, 11) is 0. The van der Waals surface area contributed by atoms with E-state index in [1.807, 2.05) is 22.7 Å². The number of hydrogen-bond donors (Lipinski definition) is 0. The summed E-state index contributed by atoms with van der Waals surface area (Å²) >= 11 is 3.74. The average Bonchev–Trinajstić information content (AvgIpc) is 4.26. The number of fused-ring (bicyclic) bond motifs is 30. The van der Waals surface area contributed by atoms with Gasteiger partial charge in [0.2, 0.25) is 0 Å². The zero-order valence-electron chi connectivity index (χ0n) is 37.0. The molecule has 8 heterocycles. The summed E-state index contributed by atoms with van der Waals surface area (Å²) in [5, 5.41) is 21.9. The third-order valence-corrected chi connectivity index (χ3v) is 17.9. The second-order valence-electron chi connectivity index (χ2n) is 19.1. The maximum absolute atomic E-state index is 7.14. The lowest BCUT2D eigenvalue weighted by Crippen LogP contribution is -1.94. The molecular formula is C64H32N2O2S2. The highest BCUT2D eigenvalue weighted by atomic mass is 32.1. The highest BCUT2D eigenvalue weighted by Crippen LogP contribution is 2.50. The van der Waals surface area contributed by atoms with Crippen LogP contribution in [0.2, 0.25) is 0 Å². The smallest absolute Gasteiger partial charge is 0.136 e. The van der Waals surface area contributed by atoms with Crippen LogP contribution in [0.15, 0.2) is 203 Å². The van der Waals surface area contributed by atoms with E-state index in [-0.39, 0.29) is 0 Å². The topological polar surface area (TPSA) is 35.1 Å². The summed E-state index contributed by atoms with van der Waals surface area (Å²) in [6, 6.07) is 69.5. The van der Waals surface area contributed by atoms with Crippen LogP contribution in [0.4, 0.5) is 0 Å². The van der Waals surface area contributed by atoms with Crippen molar-refractivity contribution in [3.8, 4) is 11.3 Å². The summed E-state index contributed by atoms with van der Waals surface area (Å²) in [6.45, 7) is 0. The fraction of sp³-hybridized carbons (Fsp3) is 0. The Kier molecular flexibility index (Phi) is 6.59. The Bertz CT molecular complexity index is 5440. The molecule has 0 fully saturated rings. The number of pyridine rings is 2. The Balaban J connectivity index is 0.975. The van der Waals surface area contributed by atoms with Crippen molar-refractivity contribution in [1.29, 1.82) is 0 Å². The second-order valence-corrected chi connectivity index (χ2v) is 21.2. The van der Waals surface area contributed by atoms with Gasteiger partial charge in [0.05, 0.1) is 27.8 Å². The zero-order chi connectivity index (χ0) is 45.1. The number of aromatic nitrogens is 2. The van der Waals surface area contributed by atoms with Gasteiger partial charge in [-0.25, -0.2) is 0 Å². The molecular weight excluding hydrogens is 893 g/mol. The van der Waals surface area contributed by atoms with E-state index in [2.05, 4.69) is 203 Å². The summed E-state index contributed by atoms with van der Waals surface area (Å²) in [4.78, 5) is 0. The van der Waals surface area contributed by atoms with Crippen molar-refractivity contribution in [3.63, 3.8) is 0 Å². The molecule has 10 aromatic carbocycles. The second kappa shape index (κ2) is 12.7. The predicted molar refractivity (Wildman–Crippen MR) is 299 cm³/mol. The lowest BCUT2D eigenvalue weighted by molar-refractivity contribution is 0.669. The van der Waals surface area contributed by atoms with Gasteiger partial charge in [-0.3, -0.25) is 0 Å². The van der Waals surface area contributed by atoms with Crippen molar-refractivity contribution in [3.05, 3.63) is 194 Å². The van der Waals surface area contributed by atoms with Gasteiger partial charge in [-0.05, 0) is 89.6 Å². The summed E-state index contributed by atoms with van der Waals surface area (Å²) in [6.07, 6.45) is 2.32. The molecule has 18 rings (SSSR count). The van der Waals surface area contributed by atoms with Gasteiger partial charge in [-0.15, -0.1) is 22.7 Å². The number of para-hydroxylation sites is 1. The van der Waals surface area contributed by atoms with Gasteiger partial charge in [-0.1, -0.05) is 109 Å². The van der Waals surface area contributed by atoms with Crippen LogP contribution in [0.5, 0.6) is 0 Å². The van der Waals surface area contributed by atoms with E-state index in [9.17, 15) is 0 Å². The fourth-order valence-corrected chi connectivity index (χ4v) is 15.0. The molecule has 4 nitrogen and oxygen atoms in total. The molecule has 0 unspecified atom stereocenters. The van der Waals surface area contributed by atoms with Gasteiger partial charge in [-0.2, -0.15) is 0 Å². The minimum atomic E-state index is 0.869. The zero-order valence-corrected chi connectivity index (χ0v) is 38.6. The molecule has 8 aromatic heterocycles. The molecule has 0 radical (unpaired) electrons. The standard InChI is InChI=1S/C64H32N2O2S2/c1-2-12-35-34(11-1)32-65-48-23-25-56-60(40-16-6-9-19-54(40)69-56)58(48)45-30-52-43(29-46(45)63(35)65)37-22-21-33(27-51(37)68-52)62-38-14-3-4-15-39(38)64-47-31-53-42(36-13-5-8-18-50(36)67-53)28-44(47)59-49(66(62)64)24-26-57-61(59)41-17-7-10-20-55(41)70-57/h1-32H. The summed E-state index contributed by atoms with van der Waals surface area (Å²) in [5.41, 5.74) is 10.6. The van der Waals surface area contributed by atoms with Crippen molar-refractivity contribution in [2.24, 2.45) is 0 Å². The Morgan fingerprint density at radius 1 is 0.314 bits per heavy atom. The largest absolute Gasteiger partial charge is 0.456 e. The molecule has 70 heavy (non-hydrogen) atoms. The van der Waals surface area contributed by atoms with Crippen LogP contribution in [0.25, 0.3) is 171 Å². The van der Waals surface area contributed by atoms with E-state index >= 15 is 0 Å². The first-order valence-corrected chi connectivity index (χ1v) is 25.4. The molecule has 0 spiro atoms. The van der Waals surface area contributed by atoms with Gasteiger partial charge in [0.1, 0.15) is 22.3 Å². The molecule has 0 bridgehead atoms. The van der Waals surface area contributed by atoms with E-state index in [1.165, 1.54) is 116 Å². The van der Waals surface area contributed by atoms with Crippen LogP contribution in [0.1, 0.15) is 0 Å². The SMILES string of the molecule is c1ccc2c(c1)cn1c3ccc4sc5ccccc5c4c3c3cc4oc5cc(-c6c7ccccc7c7c8cc9oc%10ccccc%10c9cc8c8c9c(ccc8n67)sc6ccccc69)ccc5c4cc3c21. The molecule has 0 N–H and O–H groups in total. The highest BCUT2D eigenvalue weighted by molar-refractivity contribution is 7.26. The Morgan fingerprint density at radius 2 is 0.857 bits per heavy atom. The molecule has 0 saturated carbocycles. The van der Waals surface area contributed by atoms with Crippen LogP contribution in [0.3, 0.4) is 0 Å². The third-order valence-electron chi connectivity index (χ3n) is 15.6. The maximum atomic E-state index is 7.14. The maximum Gasteiger partial charge on any atom is 0.136 e. The van der Waals surface area contributed by atoms with Crippen molar-refractivity contribution >= 4 is 183 Å². The first kappa shape index (κ1) is 36.4. The molecule has 0 atom stereocenters. The van der Waals surface area contributed by atoms with E-state index < -0.39 is 0 Å². The lowest BCUT2D eigenvalue weighted by Gasteiger charge is -2.14. The minimum Gasteiger partial charge on any atom is -0.456 e. The molecule has 0 saturated heterocycles. The lowest BCUT2D eigenvalue weighted by atomic mass is 9.97. The minimum absolute atomic E-state index is 0.869. The number of benzene rings is 10. The first-order valence-electron chi connectivity index (χ1n) is 23.8. The van der Waals surface area contributed by atoms with Crippen molar-refractivity contribution in [1.82, 2.24) is 8.80 Å². The third kappa shape index (κ3) is 4.43. The van der Waals surface area contributed by atoms with Crippen LogP contribution in [-0.2, 0) is 0 Å². The van der Waals surface area contributed by atoms with E-state index in [0.717, 1.165) is 55.1 Å². The Labute approximate surface area is 403 Å². The van der Waals surface area contributed by atoms with Gasteiger partial charge in [0.15, 0.2) is 0 Å². The van der Waals surface area contributed by atoms with Crippen LogP contribution in [0, 0.1) is 0 Å². The van der Waals surface area contributed by atoms with Gasteiger partial charge in [0, 0.05) is 117 Å². The molecule has 0 aliphatic carbocycles. The first-order chi connectivity index (χ1) is 34.7. The number of hydrogen-bond acceptors (Lipinski definition) is 4. The van der Waals surface area contributed by atoms with Crippen LogP contribution >= 0.6 is 22.7 Å². The summed E-state index contributed by atoms with van der Waals surface area (Å²) in [5.74, 6) is 0. The molecule has 6 heteroatoms. The Hall–Kier alpha value is -8.68. The molecule has 322 valence electrons. The number of furan rings is 2. The van der Waals surface area contributed by atoms with E-state index in [4.69, 9.17) is 8.83 Å². The quantitative estimate of drug-likeness (QED) is 0.154. The normalized spacial score (nSPS) is 12.9. The monoisotopic (exact) mass is 924 g/mol. The number of nitrogens with zero attached hydrogens (tertiary/aromatic N) is 2. The fourth-order valence-electron chi connectivity index (χ4n) is 12.8. The van der Waals surface area contributed by atoms with Crippen LogP contribution in [-0.4, -0.2) is 8.80 Å². The van der Waals surface area contributed by atoms with Gasteiger partial charge in [0.25, 0.3) is 0 Å². The molecule has 0 aliphatic rings. The molecule has 0 amide bonds. The van der Waals surface area contributed by atoms with Crippen molar-refractivity contribution < 1.29 is 8.83 Å². The van der Waals surface area contributed by atoms with Crippen molar-refractivity contribution in [2.45, 2.75) is 0 Å². The molecule has 18 aromatic rings. The Morgan fingerprint density at radius 3 is 1.63 bits per heavy atom. The summed E-state index contributed by atoms with van der Waals surface area (Å²) < 4.78 is 23.9. The van der Waals surface area contributed by atoms with Crippen molar-refractivity contribution in [2.75, 3.05) is 0 Å². The number of rotatable bonds is 1. The van der Waals surface area contributed by atoms with E-state index in [1.54, 1.807) is 0 Å². The van der Waals surface area contributed by atoms with Crippen LogP contribution < -0.4 is 0 Å². The predicted octanol–water partition coefficient (Wildman–Crippen LogP) is 19.3. The van der Waals surface area contributed by atoms with E-state index in [0.29, 0.717) is 0 Å².